The highest BCUT2D eigenvalue weighted by Gasteiger charge is 2.29. The molecule has 2 unspecified atom stereocenters. The minimum absolute atomic E-state index is 0. The number of aromatic nitrogens is 3. The van der Waals surface area contributed by atoms with E-state index in [1.165, 1.54) is 0 Å². The van der Waals surface area contributed by atoms with E-state index in [1.54, 1.807) is 6.20 Å². The molecule has 1 fully saturated rings. The number of nitrogens with one attached hydrogen (secondary N) is 1. The Hall–Kier alpha value is -1.63. The van der Waals surface area contributed by atoms with Gasteiger partial charge in [-0.3, -0.25) is 14.5 Å². The van der Waals surface area contributed by atoms with Crippen LogP contribution in [0.2, 0.25) is 0 Å². The Kier molecular flexibility index (Phi) is 8.53. The summed E-state index contributed by atoms with van der Waals surface area (Å²) in [5.41, 5.74) is 3.16. The van der Waals surface area contributed by atoms with Crippen LogP contribution in [-0.2, 0) is 4.79 Å². The summed E-state index contributed by atoms with van der Waals surface area (Å²) < 4.78 is 1.95. The topological polar surface area (TPSA) is 63.1 Å². The number of carbonyl (C=O) groups is 1. The van der Waals surface area contributed by atoms with Crippen LogP contribution in [0.25, 0.3) is 0 Å². The first kappa shape index (κ1) is 22.4. The molecule has 26 heavy (non-hydrogen) atoms. The van der Waals surface area contributed by atoms with Gasteiger partial charge in [-0.15, -0.1) is 24.8 Å². The smallest absolute Gasteiger partial charge is 0.225 e. The van der Waals surface area contributed by atoms with Gasteiger partial charge in [0.2, 0.25) is 5.91 Å². The average molecular weight is 400 g/mol. The van der Waals surface area contributed by atoms with Crippen molar-refractivity contribution in [2.24, 2.45) is 0 Å². The molecule has 144 valence electrons. The maximum Gasteiger partial charge on any atom is 0.225 e. The second kappa shape index (κ2) is 9.90. The van der Waals surface area contributed by atoms with E-state index in [-0.39, 0.29) is 42.8 Å². The van der Waals surface area contributed by atoms with E-state index in [4.69, 9.17) is 0 Å². The van der Waals surface area contributed by atoms with Gasteiger partial charge in [-0.1, -0.05) is 6.07 Å². The molecular formula is C18H27Cl2N5O. The van der Waals surface area contributed by atoms with Crippen molar-refractivity contribution < 1.29 is 4.79 Å². The molecule has 1 N–H and O–H groups in total. The van der Waals surface area contributed by atoms with Crippen LogP contribution in [0.1, 0.15) is 42.4 Å². The van der Waals surface area contributed by atoms with Crippen molar-refractivity contribution in [2.75, 3.05) is 19.6 Å². The number of carbonyl (C=O) groups excluding carboxylic acids is 1. The zero-order valence-electron chi connectivity index (χ0n) is 15.4. The van der Waals surface area contributed by atoms with Crippen molar-refractivity contribution in [1.82, 2.24) is 25.0 Å². The van der Waals surface area contributed by atoms with Gasteiger partial charge in [0, 0.05) is 44.1 Å². The molecule has 8 heteroatoms. The highest BCUT2D eigenvalue weighted by atomic mass is 35.5. The highest BCUT2D eigenvalue weighted by Crippen LogP contribution is 2.24. The van der Waals surface area contributed by atoms with Crippen LogP contribution in [0.4, 0.5) is 0 Å². The Morgan fingerprint density at radius 3 is 2.77 bits per heavy atom. The van der Waals surface area contributed by atoms with Gasteiger partial charge in [0.05, 0.1) is 17.8 Å². The zero-order chi connectivity index (χ0) is 17.1. The summed E-state index contributed by atoms with van der Waals surface area (Å²) in [7, 11) is 0. The molecule has 3 heterocycles. The Labute approximate surface area is 167 Å². The monoisotopic (exact) mass is 399 g/mol. The Morgan fingerprint density at radius 1 is 1.38 bits per heavy atom. The molecule has 6 nitrogen and oxygen atoms in total. The van der Waals surface area contributed by atoms with Crippen LogP contribution >= 0.6 is 24.8 Å². The summed E-state index contributed by atoms with van der Waals surface area (Å²) in [5, 5.41) is 7.89. The quantitative estimate of drug-likeness (QED) is 0.858. The molecule has 0 saturated carbocycles. The Balaban J connectivity index is 0.00000169. The van der Waals surface area contributed by atoms with Crippen molar-refractivity contribution in [2.45, 2.75) is 39.3 Å². The minimum Gasteiger partial charge on any atom is -0.333 e. The lowest BCUT2D eigenvalue weighted by Crippen LogP contribution is -2.49. The van der Waals surface area contributed by atoms with Gasteiger partial charge in [0.1, 0.15) is 0 Å². The van der Waals surface area contributed by atoms with Crippen molar-refractivity contribution in [3.05, 3.63) is 47.5 Å². The summed E-state index contributed by atoms with van der Waals surface area (Å²) in [5.74, 6) is 0.172. The largest absolute Gasteiger partial charge is 0.333 e. The highest BCUT2D eigenvalue weighted by molar-refractivity contribution is 5.85. The van der Waals surface area contributed by atoms with Crippen LogP contribution in [-0.4, -0.2) is 45.2 Å². The lowest BCUT2D eigenvalue weighted by Gasteiger charge is -2.37. The van der Waals surface area contributed by atoms with E-state index in [0.29, 0.717) is 6.42 Å². The van der Waals surface area contributed by atoms with Gasteiger partial charge < -0.3 is 10.2 Å². The van der Waals surface area contributed by atoms with Crippen LogP contribution < -0.4 is 5.32 Å². The standard InChI is InChI=1S/C18H25N5O.2ClH/c1-13-9-14(2)23(21-13)15(3)10-18(24)22-8-7-20-12-17(22)16-5-4-6-19-11-16;;/h4-6,9,11,15,17,20H,7-8,10,12H2,1-3H3;2*1H. The Morgan fingerprint density at radius 2 is 2.15 bits per heavy atom. The second-order valence-corrected chi connectivity index (χ2v) is 6.52. The molecule has 0 aliphatic carbocycles. The van der Waals surface area contributed by atoms with Crippen molar-refractivity contribution in [1.29, 1.82) is 0 Å². The third kappa shape index (κ3) is 4.96. The fourth-order valence-corrected chi connectivity index (χ4v) is 3.42. The lowest BCUT2D eigenvalue weighted by molar-refractivity contribution is -0.135. The molecule has 0 bridgehead atoms. The summed E-state index contributed by atoms with van der Waals surface area (Å²) in [4.78, 5) is 19.1. The molecule has 0 aromatic carbocycles. The molecule has 2 aromatic rings. The third-order valence-electron chi connectivity index (χ3n) is 4.57. The normalized spacial score (nSPS) is 17.8. The van der Waals surface area contributed by atoms with E-state index in [0.717, 1.165) is 36.6 Å². The number of pyridine rings is 1. The van der Waals surface area contributed by atoms with Crippen LogP contribution in [0.3, 0.4) is 0 Å². The predicted molar refractivity (Wildman–Crippen MR) is 107 cm³/mol. The molecule has 0 radical (unpaired) electrons. The van der Waals surface area contributed by atoms with Crippen LogP contribution in [0.15, 0.2) is 30.6 Å². The first-order chi connectivity index (χ1) is 11.6. The number of halogens is 2. The summed E-state index contributed by atoms with van der Waals surface area (Å²) in [6.07, 6.45) is 4.07. The van der Waals surface area contributed by atoms with E-state index in [9.17, 15) is 4.79 Å². The van der Waals surface area contributed by atoms with Gasteiger partial charge in [-0.05, 0) is 38.5 Å². The second-order valence-electron chi connectivity index (χ2n) is 6.52. The molecule has 2 atom stereocenters. The molecule has 1 amide bonds. The van der Waals surface area contributed by atoms with Crippen LogP contribution in [0.5, 0.6) is 0 Å². The van der Waals surface area contributed by atoms with E-state index < -0.39 is 0 Å². The number of rotatable bonds is 4. The van der Waals surface area contributed by atoms with Gasteiger partial charge in [-0.2, -0.15) is 5.10 Å². The first-order valence-electron chi connectivity index (χ1n) is 8.49. The average Bonchev–Trinajstić information content (AvgIpc) is 2.94. The van der Waals surface area contributed by atoms with Gasteiger partial charge in [0.15, 0.2) is 0 Å². The molecule has 2 aromatic heterocycles. The summed E-state index contributed by atoms with van der Waals surface area (Å²) in [6, 6.07) is 6.10. The molecule has 0 spiro atoms. The van der Waals surface area contributed by atoms with Crippen molar-refractivity contribution >= 4 is 30.7 Å². The Bertz CT molecular complexity index is 707. The fraction of sp³-hybridized carbons (Fsp3) is 0.500. The number of hydrogen-bond donors (Lipinski definition) is 1. The predicted octanol–water partition coefficient (Wildman–Crippen LogP) is 2.86. The molecule has 3 rings (SSSR count). The summed E-state index contributed by atoms with van der Waals surface area (Å²) >= 11 is 0. The van der Waals surface area contributed by atoms with E-state index in [2.05, 4.69) is 22.3 Å². The van der Waals surface area contributed by atoms with Crippen molar-refractivity contribution in [3.8, 4) is 0 Å². The molecular weight excluding hydrogens is 373 g/mol. The van der Waals surface area contributed by atoms with Crippen molar-refractivity contribution in [3.63, 3.8) is 0 Å². The molecule has 1 aliphatic rings. The third-order valence-corrected chi connectivity index (χ3v) is 4.57. The van der Waals surface area contributed by atoms with E-state index in [1.807, 2.05) is 47.8 Å². The maximum atomic E-state index is 12.9. The van der Waals surface area contributed by atoms with Gasteiger partial charge in [0.25, 0.3) is 0 Å². The summed E-state index contributed by atoms with van der Waals surface area (Å²) in [6.45, 7) is 8.39. The van der Waals surface area contributed by atoms with Gasteiger partial charge in [-0.25, -0.2) is 0 Å². The maximum absolute atomic E-state index is 12.9. The first-order valence-corrected chi connectivity index (χ1v) is 8.49. The fourth-order valence-electron chi connectivity index (χ4n) is 3.42. The number of nitrogens with zero attached hydrogens (tertiary/aromatic N) is 4. The van der Waals surface area contributed by atoms with E-state index >= 15 is 0 Å². The zero-order valence-corrected chi connectivity index (χ0v) is 17.0. The van der Waals surface area contributed by atoms with Gasteiger partial charge >= 0.3 is 0 Å². The SMILES string of the molecule is Cc1cc(C)n(C(C)CC(=O)N2CCNCC2c2cccnc2)n1.Cl.Cl. The number of piperazine rings is 1. The van der Waals surface area contributed by atoms with Crippen LogP contribution in [0, 0.1) is 13.8 Å². The lowest BCUT2D eigenvalue weighted by atomic mass is 10.0. The molecule has 1 saturated heterocycles. The molecule has 1 aliphatic heterocycles. The minimum atomic E-state index is 0. The number of hydrogen-bond acceptors (Lipinski definition) is 4. The number of aryl methyl sites for hydroxylation is 2. The number of amides is 1.